The maximum atomic E-state index is 12.4. The number of unbranched alkanes of at least 4 members (excludes halogenated alkanes) is 1. The summed E-state index contributed by atoms with van der Waals surface area (Å²) >= 11 is 0. The third-order valence-corrected chi connectivity index (χ3v) is 3.21. The van der Waals surface area contributed by atoms with E-state index in [4.69, 9.17) is 0 Å². The van der Waals surface area contributed by atoms with E-state index in [0.717, 1.165) is 25.9 Å². The predicted octanol–water partition coefficient (Wildman–Crippen LogP) is 3.35. The van der Waals surface area contributed by atoms with Gasteiger partial charge in [0.15, 0.2) is 0 Å². The molecule has 0 aromatic heterocycles. The third-order valence-electron chi connectivity index (χ3n) is 3.21. The molecule has 1 aliphatic heterocycles. The number of hydrogen-bond acceptors (Lipinski definition) is 2. The molecule has 0 saturated heterocycles. The van der Waals surface area contributed by atoms with Crippen LogP contribution in [0.4, 0.5) is 13.2 Å². The average Bonchev–Trinajstić information content (AvgIpc) is 2.26. The van der Waals surface area contributed by atoms with Gasteiger partial charge in [0, 0.05) is 24.2 Å². The van der Waals surface area contributed by atoms with Crippen LogP contribution in [0.3, 0.4) is 0 Å². The van der Waals surface area contributed by atoms with E-state index >= 15 is 0 Å². The van der Waals surface area contributed by atoms with Crippen molar-refractivity contribution in [2.45, 2.75) is 51.7 Å². The first-order chi connectivity index (χ1) is 8.68. The zero-order chi connectivity index (χ0) is 14.5. The van der Waals surface area contributed by atoms with Crippen molar-refractivity contribution in [1.29, 1.82) is 0 Å². The molecule has 19 heavy (non-hydrogen) atoms. The number of hydrogen-bond donors (Lipinski definition) is 1. The summed E-state index contributed by atoms with van der Waals surface area (Å²) in [5, 5.41) is 3.41. The van der Waals surface area contributed by atoms with Crippen LogP contribution in [0.5, 0.6) is 0 Å². The van der Waals surface area contributed by atoms with Crippen molar-refractivity contribution in [3.63, 3.8) is 0 Å². The molecule has 0 saturated carbocycles. The minimum atomic E-state index is -4.14. The smallest absolute Gasteiger partial charge is 0.312 e. The quantitative estimate of drug-likeness (QED) is 0.613. The molecule has 1 aliphatic rings. The molecule has 112 valence electrons. The average molecular weight is 278 g/mol. The number of nitrogens with zero attached hydrogens (tertiary/aromatic N) is 1. The normalized spacial score (nSPS) is 18.5. The molecular formula is C14H25F3N2. The monoisotopic (exact) mass is 278 g/mol. The van der Waals surface area contributed by atoms with Gasteiger partial charge in [0.2, 0.25) is 0 Å². The number of rotatable bonds is 5. The molecule has 1 rings (SSSR count). The van der Waals surface area contributed by atoms with Gasteiger partial charge >= 0.3 is 6.18 Å². The zero-order valence-corrected chi connectivity index (χ0v) is 12.1. The first-order valence-electron chi connectivity index (χ1n) is 6.92. The van der Waals surface area contributed by atoms with E-state index in [1.54, 1.807) is 0 Å². The summed E-state index contributed by atoms with van der Waals surface area (Å²) in [4.78, 5) is 2.09. The van der Waals surface area contributed by atoms with Gasteiger partial charge in [0.1, 0.15) is 0 Å². The summed E-state index contributed by atoms with van der Waals surface area (Å²) in [6.45, 7) is 9.18. The van der Waals surface area contributed by atoms with Crippen LogP contribution in [0.25, 0.3) is 0 Å². The van der Waals surface area contributed by atoms with Crippen molar-refractivity contribution in [2.75, 3.05) is 26.2 Å². The topological polar surface area (TPSA) is 15.3 Å². The fraction of sp³-hybridized carbons (Fsp3) is 0.857. The van der Waals surface area contributed by atoms with E-state index in [9.17, 15) is 13.2 Å². The Balaban J connectivity index is 2.15. The van der Waals surface area contributed by atoms with Crippen molar-refractivity contribution < 1.29 is 13.2 Å². The molecule has 0 unspecified atom stereocenters. The van der Waals surface area contributed by atoms with Crippen LogP contribution in [-0.4, -0.2) is 42.8 Å². The minimum absolute atomic E-state index is 0.129. The summed E-state index contributed by atoms with van der Waals surface area (Å²) in [7, 11) is 0. The molecule has 0 aromatic rings. The lowest BCUT2D eigenvalue weighted by Gasteiger charge is -2.27. The molecule has 0 fully saturated rings. The van der Waals surface area contributed by atoms with Gasteiger partial charge in [-0.2, -0.15) is 13.2 Å². The molecule has 0 bridgehead atoms. The number of halogens is 3. The second-order valence-corrected chi connectivity index (χ2v) is 6.16. The van der Waals surface area contributed by atoms with E-state index in [0.29, 0.717) is 13.1 Å². The van der Waals surface area contributed by atoms with E-state index in [1.165, 1.54) is 6.08 Å². The Morgan fingerprint density at radius 2 is 1.89 bits per heavy atom. The van der Waals surface area contributed by atoms with E-state index < -0.39 is 6.18 Å². The molecule has 0 aliphatic carbocycles. The van der Waals surface area contributed by atoms with E-state index in [-0.39, 0.29) is 17.5 Å². The first-order valence-corrected chi connectivity index (χ1v) is 6.92. The molecule has 1 N–H and O–H groups in total. The van der Waals surface area contributed by atoms with Gasteiger partial charge in [0.05, 0.1) is 0 Å². The number of alkyl halides is 3. The molecule has 0 spiro atoms. The second kappa shape index (κ2) is 6.75. The van der Waals surface area contributed by atoms with Crippen molar-refractivity contribution in [1.82, 2.24) is 10.2 Å². The summed E-state index contributed by atoms with van der Waals surface area (Å²) < 4.78 is 37.3. The first kappa shape index (κ1) is 16.5. The molecule has 0 amide bonds. The van der Waals surface area contributed by atoms with Gasteiger partial charge in [-0.3, -0.25) is 4.90 Å². The molecule has 5 heteroatoms. The van der Waals surface area contributed by atoms with Crippen LogP contribution in [-0.2, 0) is 0 Å². The van der Waals surface area contributed by atoms with Gasteiger partial charge < -0.3 is 5.32 Å². The predicted molar refractivity (Wildman–Crippen MR) is 72.2 cm³/mol. The Hall–Kier alpha value is -0.550. The Labute approximate surface area is 114 Å². The molecule has 0 atom stereocenters. The highest BCUT2D eigenvalue weighted by Gasteiger charge is 2.34. The highest BCUT2D eigenvalue weighted by Crippen LogP contribution is 2.30. The molecule has 0 aromatic carbocycles. The van der Waals surface area contributed by atoms with Gasteiger partial charge in [0.25, 0.3) is 0 Å². The Bertz CT molecular complexity index is 303. The molecule has 1 heterocycles. The van der Waals surface area contributed by atoms with Gasteiger partial charge in [-0.05, 0) is 53.1 Å². The van der Waals surface area contributed by atoms with E-state index in [2.05, 4.69) is 31.0 Å². The fourth-order valence-corrected chi connectivity index (χ4v) is 2.10. The highest BCUT2D eigenvalue weighted by molar-refractivity contribution is 5.12. The van der Waals surface area contributed by atoms with Crippen LogP contribution in [0, 0.1) is 0 Å². The van der Waals surface area contributed by atoms with Crippen LogP contribution in [0.15, 0.2) is 11.6 Å². The van der Waals surface area contributed by atoms with Crippen molar-refractivity contribution in [3.8, 4) is 0 Å². The van der Waals surface area contributed by atoms with E-state index in [1.807, 2.05) is 0 Å². The Morgan fingerprint density at radius 1 is 1.21 bits per heavy atom. The van der Waals surface area contributed by atoms with Crippen LogP contribution < -0.4 is 5.32 Å². The Morgan fingerprint density at radius 3 is 2.37 bits per heavy atom. The van der Waals surface area contributed by atoms with Crippen molar-refractivity contribution in [3.05, 3.63) is 11.6 Å². The van der Waals surface area contributed by atoms with Crippen molar-refractivity contribution in [2.24, 2.45) is 0 Å². The standard InChI is InChI=1S/C14H25F3N2/c1-13(2,3)18-8-4-5-9-19-10-6-12(7-11-19)14(15,16)17/h6,18H,4-5,7-11H2,1-3H3. The van der Waals surface area contributed by atoms with Crippen molar-refractivity contribution >= 4 is 0 Å². The summed E-state index contributed by atoms with van der Waals surface area (Å²) in [5.74, 6) is 0. The lowest BCUT2D eigenvalue weighted by molar-refractivity contribution is -0.0960. The third kappa shape index (κ3) is 6.97. The van der Waals surface area contributed by atoms with Crippen LogP contribution in [0.2, 0.25) is 0 Å². The second-order valence-electron chi connectivity index (χ2n) is 6.16. The zero-order valence-electron chi connectivity index (χ0n) is 12.1. The summed E-state index contributed by atoms with van der Waals surface area (Å²) in [6.07, 6.45) is -0.592. The Kier molecular flexibility index (Phi) is 5.86. The highest BCUT2D eigenvalue weighted by atomic mass is 19.4. The van der Waals surface area contributed by atoms with Crippen LogP contribution in [0.1, 0.15) is 40.0 Å². The molecule has 2 nitrogen and oxygen atoms in total. The lowest BCUT2D eigenvalue weighted by Crippen LogP contribution is -2.37. The summed E-state index contributed by atoms with van der Waals surface area (Å²) in [6, 6.07) is 0. The number of nitrogens with one attached hydrogen (secondary N) is 1. The van der Waals surface area contributed by atoms with Gasteiger partial charge in [-0.25, -0.2) is 0 Å². The molecule has 0 radical (unpaired) electrons. The minimum Gasteiger partial charge on any atom is -0.312 e. The van der Waals surface area contributed by atoms with Crippen LogP contribution >= 0.6 is 0 Å². The maximum Gasteiger partial charge on any atom is 0.412 e. The maximum absolute atomic E-state index is 12.4. The fourth-order valence-electron chi connectivity index (χ4n) is 2.10. The largest absolute Gasteiger partial charge is 0.412 e. The van der Waals surface area contributed by atoms with Gasteiger partial charge in [-0.1, -0.05) is 6.08 Å². The molecular weight excluding hydrogens is 253 g/mol. The lowest BCUT2D eigenvalue weighted by atomic mass is 10.1. The SMILES string of the molecule is CC(C)(C)NCCCCN1CC=C(C(F)(F)F)CC1. The summed E-state index contributed by atoms with van der Waals surface area (Å²) in [5.41, 5.74) is -0.228. The van der Waals surface area contributed by atoms with Gasteiger partial charge in [-0.15, -0.1) is 0 Å².